The maximum absolute atomic E-state index is 12.2. The van der Waals surface area contributed by atoms with E-state index in [0.717, 1.165) is 32.2 Å². The minimum Gasteiger partial charge on any atom is -0.378 e. The number of morpholine rings is 1. The lowest BCUT2D eigenvalue weighted by atomic mass is 10.0. The first-order valence-electron chi connectivity index (χ1n) is 7.10. The van der Waals surface area contributed by atoms with Gasteiger partial charge < -0.3 is 15.8 Å². The third kappa shape index (κ3) is 3.43. The van der Waals surface area contributed by atoms with Gasteiger partial charge in [0.1, 0.15) is 6.04 Å². The van der Waals surface area contributed by atoms with Crippen molar-refractivity contribution in [2.24, 2.45) is 5.73 Å². The molecule has 0 aromatic carbocycles. The Kier molecular flexibility index (Phi) is 4.97. The van der Waals surface area contributed by atoms with E-state index in [-0.39, 0.29) is 11.9 Å². The summed E-state index contributed by atoms with van der Waals surface area (Å²) in [5.74, 6) is 0.132. The van der Waals surface area contributed by atoms with E-state index in [1.807, 2.05) is 0 Å². The number of hydrogen-bond donors (Lipinski definition) is 2. The molecule has 2 rings (SSSR count). The van der Waals surface area contributed by atoms with Gasteiger partial charge in [0.15, 0.2) is 0 Å². The third-order valence-electron chi connectivity index (χ3n) is 3.84. The van der Waals surface area contributed by atoms with Gasteiger partial charge in [0.25, 0.3) is 0 Å². The zero-order valence-corrected chi connectivity index (χ0v) is 11.2. The molecule has 1 aliphatic carbocycles. The Morgan fingerprint density at radius 2 is 2.33 bits per heavy atom. The molecule has 1 aliphatic heterocycles. The van der Waals surface area contributed by atoms with Crippen LogP contribution in [0, 0.1) is 0 Å². The number of carbonyl (C=O) groups excluding carboxylic acids is 1. The topological polar surface area (TPSA) is 67.6 Å². The summed E-state index contributed by atoms with van der Waals surface area (Å²) in [4.78, 5) is 14.5. The summed E-state index contributed by atoms with van der Waals surface area (Å²) in [6.07, 6.45) is 4.23. The molecule has 0 radical (unpaired) electrons. The highest BCUT2D eigenvalue weighted by Crippen LogP contribution is 2.21. The lowest BCUT2D eigenvalue weighted by Crippen LogP contribution is -2.57. The van der Waals surface area contributed by atoms with Gasteiger partial charge in [-0.25, -0.2) is 0 Å². The predicted molar refractivity (Wildman–Crippen MR) is 70.2 cm³/mol. The van der Waals surface area contributed by atoms with Gasteiger partial charge in [-0.3, -0.25) is 9.69 Å². The third-order valence-corrected chi connectivity index (χ3v) is 3.84. The summed E-state index contributed by atoms with van der Waals surface area (Å²) >= 11 is 0. The number of rotatable bonds is 6. The molecule has 0 aromatic heterocycles. The van der Waals surface area contributed by atoms with Gasteiger partial charge >= 0.3 is 0 Å². The van der Waals surface area contributed by atoms with E-state index in [9.17, 15) is 4.79 Å². The molecule has 0 aromatic rings. The van der Waals surface area contributed by atoms with Crippen molar-refractivity contribution in [2.45, 2.75) is 50.7 Å². The fraction of sp³-hybridized carbons (Fsp3) is 0.923. The van der Waals surface area contributed by atoms with Crippen LogP contribution in [-0.4, -0.2) is 55.2 Å². The van der Waals surface area contributed by atoms with Crippen LogP contribution in [0.3, 0.4) is 0 Å². The summed E-state index contributed by atoms with van der Waals surface area (Å²) in [5.41, 5.74) is 5.67. The first-order valence-corrected chi connectivity index (χ1v) is 7.10. The lowest BCUT2D eigenvalue weighted by Gasteiger charge is -2.39. The van der Waals surface area contributed by atoms with Gasteiger partial charge in [-0.2, -0.15) is 0 Å². The molecule has 0 bridgehead atoms. The molecule has 5 nitrogen and oxygen atoms in total. The van der Waals surface area contributed by atoms with Crippen molar-refractivity contribution in [3.8, 4) is 0 Å². The molecule has 1 heterocycles. The van der Waals surface area contributed by atoms with E-state index in [0.29, 0.717) is 31.8 Å². The Balaban J connectivity index is 1.96. The average molecular weight is 255 g/mol. The smallest absolute Gasteiger partial charge is 0.239 e. The Labute approximate surface area is 109 Å². The van der Waals surface area contributed by atoms with Gasteiger partial charge in [0.05, 0.1) is 13.2 Å². The summed E-state index contributed by atoms with van der Waals surface area (Å²) in [7, 11) is 0. The molecular formula is C13H25N3O2. The van der Waals surface area contributed by atoms with Crippen LogP contribution in [0.15, 0.2) is 0 Å². The highest BCUT2D eigenvalue weighted by Gasteiger charge is 2.35. The van der Waals surface area contributed by atoms with Gasteiger partial charge in [0, 0.05) is 18.6 Å². The molecule has 3 N–H and O–H groups in total. The highest BCUT2D eigenvalue weighted by molar-refractivity contribution is 5.82. The van der Waals surface area contributed by atoms with Crippen molar-refractivity contribution in [1.29, 1.82) is 0 Å². The average Bonchev–Trinajstić information content (AvgIpc) is 3.20. The van der Waals surface area contributed by atoms with Crippen LogP contribution in [0.4, 0.5) is 0 Å². The Bertz CT molecular complexity index is 281. The number of nitrogens with zero attached hydrogens (tertiary/aromatic N) is 1. The number of amides is 1. The van der Waals surface area contributed by atoms with Crippen molar-refractivity contribution in [1.82, 2.24) is 10.2 Å². The minimum absolute atomic E-state index is 0.129. The second-order valence-corrected chi connectivity index (χ2v) is 5.25. The molecule has 5 heteroatoms. The largest absolute Gasteiger partial charge is 0.378 e. The van der Waals surface area contributed by atoms with E-state index in [1.54, 1.807) is 0 Å². The number of carbonyl (C=O) groups is 1. The summed E-state index contributed by atoms with van der Waals surface area (Å²) in [6, 6.07) is 0.681. The van der Waals surface area contributed by atoms with Crippen LogP contribution in [0.2, 0.25) is 0 Å². The maximum Gasteiger partial charge on any atom is 0.239 e. The zero-order valence-electron chi connectivity index (χ0n) is 11.2. The van der Waals surface area contributed by atoms with Crippen LogP contribution in [0.25, 0.3) is 0 Å². The van der Waals surface area contributed by atoms with Crippen molar-refractivity contribution < 1.29 is 9.53 Å². The first kappa shape index (κ1) is 13.8. The fourth-order valence-corrected chi connectivity index (χ4v) is 2.60. The molecule has 1 saturated heterocycles. The van der Waals surface area contributed by atoms with Crippen LogP contribution in [0.1, 0.15) is 32.6 Å². The summed E-state index contributed by atoms with van der Waals surface area (Å²) in [6.45, 7) is 4.90. The lowest BCUT2D eigenvalue weighted by molar-refractivity contribution is -0.135. The predicted octanol–water partition coefficient (Wildman–Crippen LogP) is 0.0932. The van der Waals surface area contributed by atoms with Crippen LogP contribution in [0.5, 0.6) is 0 Å². The molecule has 0 spiro atoms. The fourth-order valence-electron chi connectivity index (χ4n) is 2.60. The zero-order chi connectivity index (χ0) is 13.0. The van der Waals surface area contributed by atoms with E-state index in [2.05, 4.69) is 17.1 Å². The maximum atomic E-state index is 12.2. The van der Waals surface area contributed by atoms with E-state index in [1.165, 1.54) is 0 Å². The number of ether oxygens (including phenoxy) is 1. The van der Waals surface area contributed by atoms with Gasteiger partial charge in [-0.05, 0) is 32.2 Å². The quantitative estimate of drug-likeness (QED) is 0.706. The molecule has 1 saturated carbocycles. The van der Waals surface area contributed by atoms with Crippen molar-refractivity contribution >= 4 is 5.91 Å². The molecule has 1 amide bonds. The molecule has 2 aliphatic rings. The van der Waals surface area contributed by atoms with E-state index >= 15 is 0 Å². The highest BCUT2D eigenvalue weighted by atomic mass is 16.5. The second kappa shape index (κ2) is 6.50. The summed E-state index contributed by atoms with van der Waals surface area (Å²) < 4.78 is 5.47. The monoisotopic (exact) mass is 255 g/mol. The first-order chi connectivity index (χ1) is 8.76. The van der Waals surface area contributed by atoms with Crippen LogP contribution < -0.4 is 11.1 Å². The standard InChI is InChI=1S/C13H25N3O2/c1-2-11(5-6-14)16-7-8-18-9-12(16)13(17)15-10-3-4-10/h10-12H,2-9,14H2,1H3,(H,15,17). The molecule has 18 heavy (non-hydrogen) atoms. The normalized spacial score (nSPS) is 26.9. The SMILES string of the molecule is CCC(CCN)N1CCOCC1C(=O)NC1CC1. The molecule has 104 valence electrons. The van der Waals surface area contributed by atoms with Crippen molar-refractivity contribution in [2.75, 3.05) is 26.3 Å². The minimum atomic E-state index is -0.129. The second-order valence-electron chi connectivity index (χ2n) is 5.25. The molecular weight excluding hydrogens is 230 g/mol. The summed E-state index contributed by atoms with van der Waals surface area (Å²) in [5, 5.41) is 3.08. The number of nitrogens with two attached hydrogens (primary N) is 1. The van der Waals surface area contributed by atoms with Crippen LogP contribution in [-0.2, 0) is 9.53 Å². The van der Waals surface area contributed by atoms with E-state index < -0.39 is 0 Å². The number of hydrogen-bond acceptors (Lipinski definition) is 4. The van der Waals surface area contributed by atoms with Gasteiger partial charge in [0.2, 0.25) is 5.91 Å². The van der Waals surface area contributed by atoms with Crippen molar-refractivity contribution in [3.05, 3.63) is 0 Å². The molecule has 2 fully saturated rings. The van der Waals surface area contributed by atoms with Gasteiger partial charge in [-0.1, -0.05) is 6.92 Å². The Hall–Kier alpha value is -0.650. The Morgan fingerprint density at radius 1 is 1.56 bits per heavy atom. The van der Waals surface area contributed by atoms with E-state index in [4.69, 9.17) is 10.5 Å². The molecule has 2 atom stereocenters. The van der Waals surface area contributed by atoms with Crippen LogP contribution >= 0.6 is 0 Å². The van der Waals surface area contributed by atoms with Crippen molar-refractivity contribution in [3.63, 3.8) is 0 Å². The number of nitrogens with one attached hydrogen (secondary N) is 1. The van der Waals surface area contributed by atoms with Gasteiger partial charge in [-0.15, -0.1) is 0 Å². The Morgan fingerprint density at radius 3 is 2.94 bits per heavy atom. The molecule has 2 unspecified atom stereocenters.